The molecule has 1 fully saturated rings. The van der Waals surface area contributed by atoms with Crippen molar-refractivity contribution in [1.29, 1.82) is 0 Å². The van der Waals surface area contributed by atoms with E-state index in [1.54, 1.807) is 0 Å². The van der Waals surface area contributed by atoms with E-state index in [0.29, 0.717) is 0 Å². The molecular weight excluding hydrogens is 210 g/mol. The molecule has 2 nitrogen and oxygen atoms in total. The van der Waals surface area contributed by atoms with Gasteiger partial charge in [-0.2, -0.15) is 0 Å². The van der Waals surface area contributed by atoms with Crippen molar-refractivity contribution in [1.82, 2.24) is 5.06 Å². The molecule has 0 bridgehead atoms. The Morgan fingerprint density at radius 2 is 1.76 bits per heavy atom. The Kier molecular flexibility index (Phi) is 2.99. The van der Waals surface area contributed by atoms with E-state index in [9.17, 15) is 5.21 Å². The fraction of sp³-hybridized carbons (Fsp3) is 0.467. The van der Waals surface area contributed by atoms with Crippen LogP contribution in [0.4, 0.5) is 0 Å². The van der Waals surface area contributed by atoms with Crippen LogP contribution in [-0.4, -0.2) is 16.1 Å². The molecule has 0 aromatic heterocycles. The Bertz CT molecular complexity index is 455. The first-order valence-electron chi connectivity index (χ1n) is 6.00. The maximum absolute atomic E-state index is 12.2. The highest BCUT2D eigenvalue weighted by Crippen LogP contribution is 2.38. The molecule has 1 aliphatic heterocycles. The van der Waals surface area contributed by atoms with Crippen molar-refractivity contribution in [3.8, 4) is 11.8 Å². The zero-order chi connectivity index (χ0) is 12.5. The fourth-order valence-corrected chi connectivity index (χ4v) is 2.26. The third kappa shape index (κ3) is 2.36. The van der Waals surface area contributed by atoms with Gasteiger partial charge < -0.3 is 0 Å². The molecule has 1 aromatic rings. The molecule has 1 aromatic carbocycles. The summed E-state index contributed by atoms with van der Waals surface area (Å²) >= 11 is 0. The Balaban J connectivity index is 2.23. The van der Waals surface area contributed by atoms with Crippen molar-refractivity contribution in [2.45, 2.75) is 44.7 Å². The molecule has 0 saturated carbocycles. The molecule has 89 valence electrons. The van der Waals surface area contributed by atoms with Crippen molar-refractivity contribution >= 4 is 0 Å². The topological polar surface area (TPSA) is 23.1 Å². The van der Waals surface area contributed by atoms with E-state index in [1.807, 2.05) is 51.1 Å². The minimum Gasteiger partial charge on any atom is -0.132 e. The van der Waals surface area contributed by atoms with Gasteiger partial charge in [0.15, 0.2) is 0 Å². The van der Waals surface area contributed by atoms with E-state index in [1.165, 1.54) is 0 Å². The van der Waals surface area contributed by atoms with Crippen LogP contribution in [0.5, 0.6) is 0 Å². The Labute approximate surface area is 103 Å². The third-order valence-electron chi connectivity index (χ3n) is 3.47. The predicted octanol–water partition coefficient (Wildman–Crippen LogP) is 3.02. The second kappa shape index (κ2) is 4.18. The molecule has 0 spiro atoms. The van der Waals surface area contributed by atoms with Crippen LogP contribution in [-0.2, 0) is 5.21 Å². The van der Waals surface area contributed by atoms with E-state index in [2.05, 4.69) is 11.8 Å². The molecule has 1 saturated heterocycles. The highest BCUT2D eigenvalue weighted by Gasteiger charge is 2.47. The van der Waals surface area contributed by atoms with Crippen LogP contribution in [0.1, 0.15) is 39.2 Å². The average Bonchev–Trinajstić information content (AvgIpc) is 2.53. The van der Waals surface area contributed by atoms with E-state index >= 15 is 0 Å². The minimum absolute atomic E-state index is 0.292. The van der Waals surface area contributed by atoms with Crippen molar-refractivity contribution < 1.29 is 5.21 Å². The molecule has 0 N–H and O–H groups in total. The average molecular weight is 228 g/mol. The van der Waals surface area contributed by atoms with Gasteiger partial charge in [-0.25, -0.2) is 0 Å². The number of hydrogen-bond acceptors (Lipinski definition) is 1. The lowest BCUT2D eigenvalue weighted by Gasteiger charge is -2.30. The second-order valence-electron chi connectivity index (χ2n) is 5.50. The zero-order valence-electron chi connectivity index (χ0n) is 10.7. The summed E-state index contributed by atoms with van der Waals surface area (Å²) in [6.07, 6.45) is 1.74. The Morgan fingerprint density at radius 3 is 2.29 bits per heavy atom. The summed E-state index contributed by atoms with van der Waals surface area (Å²) in [6, 6.07) is 9.81. The highest BCUT2D eigenvalue weighted by molar-refractivity contribution is 5.37. The predicted molar refractivity (Wildman–Crippen MR) is 67.6 cm³/mol. The standard InChI is InChI=1S/C15H18NO/c1-14(2)11-12-15(3,16(14)17)10-9-13-7-5-4-6-8-13/h4-8H,11-12H2,1-3H3. The van der Waals surface area contributed by atoms with Crippen molar-refractivity contribution in [3.05, 3.63) is 35.9 Å². The fourth-order valence-electron chi connectivity index (χ4n) is 2.26. The largest absolute Gasteiger partial charge is 0.132 e. The van der Waals surface area contributed by atoms with E-state index in [0.717, 1.165) is 23.5 Å². The summed E-state index contributed by atoms with van der Waals surface area (Å²) in [7, 11) is 0. The Morgan fingerprint density at radius 1 is 1.12 bits per heavy atom. The monoisotopic (exact) mass is 228 g/mol. The molecule has 2 heteroatoms. The molecule has 2 rings (SSSR count). The summed E-state index contributed by atoms with van der Waals surface area (Å²) in [5.41, 5.74) is 0.131. The van der Waals surface area contributed by atoms with Gasteiger partial charge in [0, 0.05) is 11.1 Å². The van der Waals surface area contributed by atoms with Crippen LogP contribution < -0.4 is 0 Å². The highest BCUT2D eigenvalue weighted by atomic mass is 16.5. The lowest BCUT2D eigenvalue weighted by molar-refractivity contribution is -0.234. The van der Waals surface area contributed by atoms with E-state index in [-0.39, 0.29) is 5.54 Å². The molecule has 1 heterocycles. The maximum atomic E-state index is 12.2. The van der Waals surface area contributed by atoms with Gasteiger partial charge in [0.25, 0.3) is 0 Å². The van der Waals surface area contributed by atoms with Crippen LogP contribution in [0.3, 0.4) is 0 Å². The lowest BCUT2D eigenvalue weighted by Crippen LogP contribution is -2.45. The van der Waals surface area contributed by atoms with Crippen molar-refractivity contribution in [2.24, 2.45) is 0 Å². The zero-order valence-corrected chi connectivity index (χ0v) is 10.7. The van der Waals surface area contributed by atoms with E-state index in [4.69, 9.17) is 0 Å². The van der Waals surface area contributed by atoms with Crippen LogP contribution >= 0.6 is 0 Å². The number of nitrogens with zero attached hydrogens (tertiary/aromatic N) is 1. The number of benzene rings is 1. The smallest absolute Gasteiger partial charge is 0.108 e. The molecule has 1 atom stereocenters. The van der Waals surface area contributed by atoms with Crippen molar-refractivity contribution in [3.63, 3.8) is 0 Å². The number of hydrogen-bond donors (Lipinski definition) is 0. The second-order valence-corrected chi connectivity index (χ2v) is 5.50. The molecular formula is C15H18NO. The Hall–Kier alpha value is -1.30. The normalized spacial score (nSPS) is 27.5. The van der Waals surface area contributed by atoms with Crippen LogP contribution in [0.2, 0.25) is 0 Å². The number of hydroxylamine groups is 2. The van der Waals surface area contributed by atoms with Gasteiger partial charge in [-0.15, -0.1) is 10.3 Å². The van der Waals surface area contributed by atoms with Crippen molar-refractivity contribution in [2.75, 3.05) is 0 Å². The number of rotatable bonds is 0. The summed E-state index contributed by atoms with van der Waals surface area (Å²) < 4.78 is 0. The van der Waals surface area contributed by atoms with Gasteiger partial charge in [-0.1, -0.05) is 30.0 Å². The van der Waals surface area contributed by atoms with Gasteiger partial charge in [-0.05, 0) is 45.7 Å². The molecule has 0 amide bonds. The van der Waals surface area contributed by atoms with Crippen LogP contribution in [0, 0.1) is 11.8 Å². The summed E-state index contributed by atoms with van der Waals surface area (Å²) in [5.74, 6) is 6.25. The lowest BCUT2D eigenvalue weighted by atomic mass is 9.99. The molecule has 1 unspecified atom stereocenters. The maximum Gasteiger partial charge on any atom is 0.108 e. The summed E-state index contributed by atoms with van der Waals surface area (Å²) in [4.78, 5) is 0. The third-order valence-corrected chi connectivity index (χ3v) is 3.47. The molecule has 0 aliphatic carbocycles. The molecule has 1 aliphatic rings. The van der Waals surface area contributed by atoms with Gasteiger partial charge >= 0.3 is 0 Å². The first-order chi connectivity index (χ1) is 7.94. The first kappa shape index (κ1) is 12.2. The van der Waals surface area contributed by atoms with Gasteiger partial charge in [0.2, 0.25) is 0 Å². The van der Waals surface area contributed by atoms with Crippen LogP contribution in [0.25, 0.3) is 0 Å². The van der Waals surface area contributed by atoms with Gasteiger partial charge in [-0.3, -0.25) is 0 Å². The molecule has 17 heavy (non-hydrogen) atoms. The van der Waals surface area contributed by atoms with Gasteiger partial charge in [0.05, 0.1) is 0 Å². The van der Waals surface area contributed by atoms with E-state index < -0.39 is 5.54 Å². The molecule has 1 radical (unpaired) electrons. The SMILES string of the molecule is CC1(C)CCC(C)(C#Cc2ccccc2)N1[O]. The minimum atomic E-state index is -0.542. The summed E-state index contributed by atoms with van der Waals surface area (Å²) in [5, 5.41) is 13.3. The summed E-state index contributed by atoms with van der Waals surface area (Å²) in [6.45, 7) is 5.90. The van der Waals surface area contributed by atoms with Crippen LogP contribution in [0.15, 0.2) is 30.3 Å². The quantitative estimate of drug-likeness (QED) is 0.626. The first-order valence-corrected chi connectivity index (χ1v) is 6.00. The van der Waals surface area contributed by atoms with Gasteiger partial charge in [0.1, 0.15) is 5.54 Å².